The molecule has 2 N–H and O–H groups in total. The molecule has 26 heavy (non-hydrogen) atoms. The highest BCUT2D eigenvalue weighted by molar-refractivity contribution is 8.00. The van der Waals surface area contributed by atoms with Crippen LogP contribution in [-0.4, -0.2) is 21.2 Å². The zero-order chi connectivity index (χ0) is 18.7. The number of hydrogen-bond donors (Lipinski definition) is 2. The largest absolute Gasteiger partial charge is 0.508 e. The second-order valence-corrected chi connectivity index (χ2v) is 7.68. The average molecular weight is 392 g/mol. The van der Waals surface area contributed by atoms with Gasteiger partial charge in [0.25, 0.3) is 0 Å². The lowest BCUT2D eigenvalue weighted by molar-refractivity contribution is -0.115. The zero-order valence-corrected chi connectivity index (χ0v) is 15.2. The number of carbonyl (C=O) groups excluding carboxylic acids is 1. The van der Waals surface area contributed by atoms with Gasteiger partial charge in [-0.2, -0.15) is 0 Å². The maximum atomic E-state index is 13.3. The molecule has 2 aromatic carbocycles. The van der Waals surface area contributed by atoms with Crippen molar-refractivity contribution in [3.05, 3.63) is 59.5 Å². The van der Waals surface area contributed by atoms with Crippen LogP contribution in [-0.2, 0) is 4.79 Å². The Labute approximate surface area is 156 Å². The summed E-state index contributed by atoms with van der Waals surface area (Å²) in [4.78, 5) is 17.4. The third kappa shape index (κ3) is 4.39. The van der Waals surface area contributed by atoms with Crippen LogP contribution in [0.15, 0.2) is 52.7 Å². The monoisotopic (exact) mass is 392 g/mol. The topological polar surface area (TPSA) is 62.2 Å². The van der Waals surface area contributed by atoms with Crippen molar-refractivity contribution in [2.24, 2.45) is 0 Å². The van der Waals surface area contributed by atoms with Crippen LogP contribution in [0.25, 0.3) is 11.3 Å². The second-order valence-electron chi connectivity index (χ2n) is 5.41. The molecule has 0 fully saturated rings. The first kappa shape index (κ1) is 18.3. The van der Waals surface area contributed by atoms with Gasteiger partial charge in [0.2, 0.25) is 5.91 Å². The molecule has 1 heterocycles. The van der Waals surface area contributed by atoms with Crippen LogP contribution in [0.3, 0.4) is 0 Å². The number of thiazole rings is 1. The number of rotatable bonds is 5. The molecule has 3 rings (SSSR count). The van der Waals surface area contributed by atoms with Crippen LogP contribution >= 0.6 is 23.1 Å². The summed E-state index contributed by atoms with van der Waals surface area (Å²) >= 11 is 2.56. The van der Waals surface area contributed by atoms with E-state index in [1.54, 1.807) is 36.6 Å². The highest BCUT2D eigenvalue weighted by Crippen LogP contribution is 2.28. The van der Waals surface area contributed by atoms with Gasteiger partial charge in [-0.1, -0.05) is 0 Å². The molecule has 0 saturated heterocycles. The first-order valence-corrected chi connectivity index (χ1v) is 9.36. The summed E-state index contributed by atoms with van der Waals surface area (Å²) in [5, 5.41) is 13.7. The molecule has 0 aliphatic rings. The quantitative estimate of drug-likeness (QED) is 0.606. The van der Waals surface area contributed by atoms with Gasteiger partial charge in [0, 0.05) is 15.8 Å². The summed E-state index contributed by atoms with van der Waals surface area (Å²) in [6.07, 6.45) is 0. The van der Waals surface area contributed by atoms with E-state index in [1.165, 1.54) is 29.2 Å². The van der Waals surface area contributed by atoms with Crippen LogP contribution < -0.4 is 5.32 Å². The summed E-state index contributed by atoms with van der Waals surface area (Å²) in [6, 6.07) is 10.1. The smallest absolute Gasteiger partial charge is 0.239 e. The molecule has 134 valence electrons. The van der Waals surface area contributed by atoms with Crippen molar-refractivity contribution in [3.63, 3.8) is 0 Å². The van der Waals surface area contributed by atoms with Crippen LogP contribution in [0.4, 0.5) is 13.9 Å². The number of hydrogen-bond acceptors (Lipinski definition) is 5. The van der Waals surface area contributed by atoms with Crippen molar-refractivity contribution in [2.45, 2.75) is 17.1 Å². The number of phenolic OH excluding ortho intramolecular Hbond substituents is 1. The van der Waals surface area contributed by atoms with Crippen molar-refractivity contribution in [2.75, 3.05) is 5.32 Å². The lowest BCUT2D eigenvalue weighted by Crippen LogP contribution is -2.22. The number of nitrogens with one attached hydrogen (secondary N) is 1. The van der Waals surface area contributed by atoms with Crippen LogP contribution in [0.1, 0.15) is 6.92 Å². The summed E-state index contributed by atoms with van der Waals surface area (Å²) < 4.78 is 26.3. The molecule has 4 nitrogen and oxygen atoms in total. The molecule has 3 aromatic rings. The molecule has 1 aromatic heterocycles. The lowest BCUT2D eigenvalue weighted by Gasteiger charge is -2.10. The molecule has 0 spiro atoms. The second kappa shape index (κ2) is 7.84. The molecule has 0 aliphatic carbocycles. The highest BCUT2D eigenvalue weighted by Gasteiger charge is 2.17. The molecule has 8 heteroatoms. The molecule has 1 unspecified atom stereocenters. The van der Waals surface area contributed by atoms with E-state index in [9.17, 15) is 18.7 Å². The van der Waals surface area contributed by atoms with Crippen molar-refractivity contribution >= 4 is 34.1 Å². The van der Waals surface area contributed by atoms with Gasteiger partial charge in [0.15, 0.2) is 16.8 Å². The molecular formula is C18H14F2N2O2S2. The molecular weight excluding hydrogens is 378 g/mol. The van der Waals surface area contributed by atoms with Gasteiger partial charge in [-0.05, 0) is 49.4 Å². The Morgan fingerprint density at radius 1 is 1.19 bits per heavy atom. The first-order chi connectivity index (χ1) is 12.4. The molecule has 1 atom stereocenters. The third-order valence-corrected chi connectivity index (χ3v) is 5.34. The Balaban J connectivity index is 1.65. The fraction of sp³-hybridized carbons (Fsp3) is 0.111. The molecule has 1 amide bonds. The number of aromatic nitrogens is 1. The van der Waals surface area contributed by atoms with E-state index >= 15 is 0 Å². The number of benzene rings is 2. The van der Waals surface area contributed by atoms with Crippen LogP contribution in [0, 0.1) is 11.6 Å². The van der Waals surface area contributed by atoms with Crippen molar-refractivity contribution in [3.8, 4) is 17.0 Å². The normalized spacial score (nSPS) is 12.0. The van der Waals surface area contributed by atoms with Crippen molar-refractivity contribution in [1.82, 2.24) is 4.98 Å². The van der Waals surface area contributed by atoms with Gasteiger partial charge in [0.05, 0.1) is 10.9 Å². The number of halogens is 2. The number of amides is 1. The summed E-state index contributed by atoms with van der Waals surface area (Å²) in [7, 11) is 0. The predicted molar refractivity (Wildman–Crippen MR) is 99.5 cm³/mol. The average Bonchev–Trinajstić information content (AvgIpc) is 3.07. The molecule has 0 aliphatic heterocycles. The van der Waals surface area contributed by atoms with Gasteiger partial charge in [-0.15, -0.1) is 23.1 Å². The van der Waals surface area contributed by atoms with Crippen LogP contribution in [0.2, 0.25) is 0 Å². The summed E-state index contributed by atoms with van der Waals surface area (Å²) in [5.41, 5.74) is 0.898. The highest BCUT2D eigenvalue weighted by atomic mass is 32.2. The van der Waals surface area contributed by atoms with E-state index in [-0.39, 0.29) is 16.9 Å². The van der Waals surface area contributed by atoms with E-state index in [0.717, 1.165) is 17.0 Å². The van der Waals surface area contributed by atoms with E-state index < -0.39 is 11.6 Å². The Bertz CT molecular complexity index is 929. The maximum Gasteiger partial charge on any atom is 0.239 e. The number of carbonyl (C=O) groups is 1. The van der Waals surface area contributed by atoms with E-state index in [1.807, 2.05) is 0 Å². The number of anilines is 1. The summed E-state index contributed by atoms with van der Waals surface area (Å²) in [6.45, 7) is 1.76. The van der Waals surface area contributed by atoms with Gasteiger partial charge < -0.3 is 10.4 Å². The first-order valence-electron chi connectivity index (χ1n) is 7.60. The molecule has 0 radical (unpaired) electrons. The van der Waals surface area contributed by atoms with E-state index in [4.69, 9.17) is 0 Å². The van der Waals surface area contributed by atoms with Gasteiger partial charge in [0.1, 0.15) is 5.75 Å². The standard InChI is InChI=1S/C18H14F2N2O2S2/c1-10(26-13-5-3-12(23)4-6-13)17(24)22-18-21-16(9-25-18)11-2-7-14(19)15(20)8-11/h2-10,23H,1H3,(H,21,22,24). The van der Waals surface area contributed by atoms with Gasteiger partial charge in [-0.3, -0.25) is 4.79 Å². The maximum absolute atomic E-state index is 13.3. The Morgan fingerprint density at radius 3 is 2.62 bits per heavy atom. The van der Waals surface area contributed by atoms with Gasteiger partial charge >= 0.3 is 0 Å². The zero-order valence-electron chi connectivity index (χ0n) is 13.6. The Kier molecular flexibility index (Phi) is 5.53. The van der Waals surface area contributed by atoms with Crippen molar-refractivity contribution in [1.29, 1.82) is 0 Å². The number of aromatic hydroxyl groups is 1. The van der Waals surface area contributed by atoms with Crippen molar-refractivity contribution < 1.29 is 18.7 Å². The number of thioether (sulfide) groups is 1. The van der Waals surface area contributed by atoms with Gasteiger partial charge in [-0.25, -0.2) is 13.8 Å². The Hall–Kier alpha value is -2.45. The fourth-order valence-electron chi connectivity index (χ4n) is 2.11. The number of phenols is 1. The minimum atomic E-state index is -0.944. The van der Waals surface area contributed by atoms with Crippen LogP contribution in [0.5, 0.6) is 5.75 Å². The summed E-state index contributed by atoms with van der Waals surface area (Å²) in [5.74, 6) is -1.93. The number of nitrogens with zero attached hydrogens (tertiary/aromatic N) is 1. The predicted octanol–water partition coefficient (Wildman–Crippen LogP) is 4.91. The fourth-order valence-corrected chi connectivity index (χ4v) is 3.70. The minimum absolute atomic E-state index is 0.166. The lowest BCUT2D eigenvalue weighted by atomic mass is 10.2. The minimum Gasteiger partial charge on any atom is -0.508 e. The SMILES string of the molecule is CC(Sc1ccc(O)cc1)C(=O)Nc1nc(-c2ccc(F)c(F)c2)cs1. The third-order valence-electron chi connectivity index (χ3n) is 3.47. The van der Waals surface area contributed by atoms with E-state index in [0.29, 0.717) is 16.4 Å². The molecule has 0 saturated carbocycles. The molecule has 0 bridgehead atoms. The Morgan fingerprint density at radius 2 is 1.92 bits per heavy atom. The van der Waals surface area contributed by atoms with E-state index in [2.05, 4.69) is 10.3 Å².